The molecule has 4 nitrogen and oxygen atoms in total. The number of nitrogens with zero attached hydrogens (tertiary/aromatic N) is 1. The van der Waals surface area contributed by atoms with Crippen LogP contribution in [0.2, 0.25) is 5.02 Å². The number of carbonyl (C=O) groups is 1. The fraction of sp³-hybridized carbons (Fsp3) is 0.200. The first-order valence-electron chi connectivity index (χ1n) is 9.02. The molecule has 1 aromatic heterocycles. The molecular formula is C20H9ClF10N2O2. The smallest absolute Gasteiger partial charge is 0.403 e. The van der Waals surface area contributed by atoms with Gasteiger partial charge < -0.3 is 10.1 Å². The van der Waals surface area contributed by atoms with Gasteiger partial charge in [0, 0.05) is 22.7 Å². The largest absolute Gasteiger partial charge is 0.573 e. The summed E-state index contributed by atoms with van der Waals surface area (Å²) in [6, 6.07) is 6.35. The molecule has 0 saturated carbocycles. The molecule has 0 saturated heterocycles. The van der Waals surface area contributed by atoms with E-state index >= 15 is 0 Å². The second-order valence-electron chi connectivity index (χ2n) is 6.90. The third-order valence-corrected chi connectivity index (χ3v) is 4.86. The number of anilines is 1. The zero-order valence-corrected chi connectivity index (χ0v) is 17.3. The molecule has 2 aromatic carbocycles. The molecule has 15 heteroatoms. The number of aromatic nitrogens is 1. The number of halogens is 11. The highest BCUT2D eigenvalue weighted by Gasteiger charge is 2.73. The van der Waals surface area contributed by atoms with Crippen molar-refractivity contribution in [3.8, 4) is 5.75 Å². The number of carbonyl (C=O) groups excluding carboxylic acids is 1. The molecular weight excluding hydrogens is 526 g/mol. The summed E-state index contributed by atoms with van der Waals surface area (Å²) in [4.78, 5) is 16.5. The number of nitrogens with one attached hydrogen (secondary N) is 1. The summed E-state index contributed by atoms with van der Waals surface area (Å²) in [5, 5.41) is 1.12. The zero-order chi connectivity index (χ0) is 26.4. The van der Waals surface area contributed by atoms with E-state index in [1.54, 1.807) is 12.1 Å². The fourth-order valence-electron chi connectivity index (χ4n) is 2.99. The Morgan fingerprint density at radius 1 is 0.886 bits per heavy atom. The van der Waals surface area contributed by atoms with Crippen LogP contribution in [-0.2, 0) is 5.67 Å². The maximum atomic E-state index is 14.4. The Labute approximate surface area is 193 Å². The quantitative estimate of drug-likeness (QED) is 0.357. The van der Waals surface area contributed by atoms with Crippen LogP contribution in [0.5, 0.6) is 5.75 Å². The molecule has 0 spiro atoms. The van der Waals surface area contributed by atoms with Gasteiger partial charge in [-0.25, -0.2) is 4.39 Å². The summed E-state index contributed by atoms with van der Waals surface area (Å²) in [6.45, 7) is 0. The lowest BCUT2D eigenvalue weighted by Crippen LogP contribution is -2.50. The average Bonchev–Trinajstić information content (AvgIpc) is 2.72. The molecule has 1 N–H and O–H groups in total. The van der Waals surface area contributed by atoms with Crippen LogP contribution in [0.25, 0.3) is 10.9 Å². The van der Waals surface area contributed by atoms with Gasteiger partial charge in [-0.2, -0.15) is 26.3 Å². The molecule has 0 radical (unpaired) electrons. The van der Waals surface area contributed by atoms with Gasteiger partial charge in [-0.1, -0.05) is 23.7 Å². The molecule has 35 heavy (non-hydrogen) atoms. The van der Waals surface area contributed by atoms with Crippen LogP contribution < -0.4 is 10.1 Å². The molecule has 0 bridgehead atoms. The Kier molecular flexibility index (Phi) is 6.57. The van der Waals surface area contributed by atoms with E-state index in [0.29, 0.717) is 5.39 Å². The van der Waals surface area contributed by atoms with Crippen LogP contribution in [0.1, 0.15) is 15.9 Å². The molecule has 0 fully saturated rings. The standard InChI is InChI=1S/C20H9ClF10N2O2/c21-12-7-11(17(22,18(23,24)25)19(26,27)28)8-14(35-20(29,30)31)15(12)33-16(34)10-4-3-9-2-1-5-32-13(9)6-10/h1-8H,(H,33,34). The molecule has 0 aliphatic rings. The van der Waals surface area contributed by atoms with Crippen molar-refractivity contribution in [3.63, 3.8) is 0 Å². The fourth-order valence-corrected chi connectivity index (χ4v) is 3.25. The van der Waals surface area contributed by atoms with Gasteiger partial charge in [0.15, 0.2) is 5.75 Å². The summed E-state index contributed by atoms with van der Waals surface area (Å²) in [5.74, 6) is -2.97. The Morgan fingerprint density at radius 2 is 1.51 bits per heavy atom. The summed E-state index contributed by atoms with van der Waals surface area (Å²) >= 11 is 5.62. The molecule has 0 atom stereocenters. The average molecular weight is 535 g/mol. The van der Waals surface area contributed by atoms with Crippen molar-refractivity contribution in [3.05, 3.63) is 64.8 Å². The topological polar surface area (TPSA) is 51.2 Å². The maximum absolute atomic E-state index is 14.4. The predicted molar refractivity (Wildman–Crippen MR) is 103 cm³/mol. The van der Waals surface area contributed by atoms with Gasteiger partial charge in [0.2, 0.25) is 0 Å². The van der Waals surface area contributed by atoms with E-state index in [9.17, 15) is 48.7 Å². The van der Waals surface area contributed by atoms with Crippen molar-refractivity contribution >= 4 is 34.1 Å². The maximum Gasteiger partial charge on any atom is 0.573 e. The van der Waals surface area contributed by atoms with Gasteiger partial charge in [0.25, 0.3) is 5.91 Å². The molecule has 3 aromatic rings. The van der Waals surface area contributed by atoms with E-state index in [4.69, 9.17) is 11.6 Å². The van der Waals surface area contributed by atoms with E-state index in [1.165, 1.54) is 24.4 Å². The van der Waals surface area contributed by atoms with Crippen LogP contribution in [0.3, 0.4) is 0 Å². The molecule has 3 rings (SSSR count). The monoisotopic (exact) mass is 534 g/mol. The number of pyridine rings is 1. The van der Waals surface area contributed by atoms with Crippen molar-refractivity contribution in [1.29, 1.82) is 0 Å². The van der Waals surface area contributed by atoms with Gasteiger partial charge in [0.05, 0.1) is 10.5 Å². The molecule has 188 valence electrons. The van der Waals surface area contributed by atoms with Crippen LogP contribution in [0, 0.1) is 0 Å². The Bertz CT molecular complexity index is 1260. The van der Waals surface area contributed by atoms with E-state index in [1.807, 2.05) is 5.32 Å². The van der Waals surface area contributed by atoms with Gasteiger partial charge in [-0.3, -0.25) is 9.78 Å². The van der Waals surface area contributed by atoms with Gasteiger partial charge in [0.1, 0.15) is 5.69 Å². The van der Waals surface area contributed by atoms with Crippen molar-refractivity contribution in [2.75, 3.05) is 5.32 Å². The second-order valence-corrected chi connectivity index (χ2v) is 7.31. The van der Waals surface area contributed by atoms with E-state index in [-0.39, 0.29) is 17.1 Å². The number of hydrogen-bond acceptors (Lipinski definition) is 3. The van der Waals surface area contributed by atoms with Crippen molar-refractivity contribution in [2.45, 2.75) is 24.4 Å². The van der Waals surface area contributed by atoms with Crippen molar-refractivity contribution in [1.82, 2.24) is 4.98 Å². The van der Waals surface area contributed by atoms with Crippen LogP contribution >= 0.6 is 11.6 Å². The van der Waals surface area contributed by atoms with Gasteiger partial charge in [-0.05, 0) is 30.3 Å². The number of benzene rings is 2. The highest BCUT2D eigenvalue weighted by molar-refractivity contribution is 6.34. The SMILES string of the molecule is O=C(Nc1c(Cl)cc(C(F)(C(F)(F)F)C(F)(F)F)cc1OC(F)(F)F)c1ccc2cccnc2c1. The second kappa shape index (κ2) is 8.73. The Balaban J connectivity index is 2.12. The van der Waals surface area contributed by atoms with Crippen LogP contribution in [-0.4, -0.2) is 29.6 Å². The molecule has 0 unspecified atom stereocenters. The van der Waals surface area contributed by atoms with Crippen LogP contribution in [0.4, 0.5) is 49.6 Å². The number of hydrogen-bond donors (Lipinski definition) is 1. The number of ether oxygens (including phenoxy) is 1. The molecule has 1 amide bonds. The molecule has 0 aliphatic carbocycles. The predicted octanol–water partition coefficient (Wildman–Crippen LogP) is 7.33. The van der Waals surface area contributed by atoms with E-state index in [2.05, 4.69) is 9.72 Å². The number of amides is 1. The first-order valence-corrected chi connectivity index (χ1v) is 9.40. The third kappa shape index (κ3) is 5.21. The van der Waals surface area contributed by atoms with Crippen LogP contribution in [0.15, 0.2) is 48.7 Å². The first-order chi connectivity index (χ1) is 15.9. The lowest BCUT2D eigenvalue weighted by molar-refractivity contribution is -0.348. The summed E-state index contributed by atoms with van der Waals surface area (Å²) in [5.41, 5.74) is -9.51. The van der Waals surface area contributed by atoms with Crippen molar-refractivity contribution in [2.24, 2.45) is 0 Å². The van der Waals surface area contributed by atoms with E-state index < -0.39 is 58.4 Å². The summed E-state index contributed by atoms with van der Waals surface area (Å²) in [7, 11) is 0. The highest BCUT2D eigenvalue weighted by Crippen LogP contribution is 2.55. The van der Waals surface area contributed by atoms with Gasteiger partial charge in [-0.15, -0.1) is 13.2 Å². The van der Waals surface area contributed by atoms with E-state index in [0.717, 1.165) is 0 Å². The Hall–Kier alpha value is -3.29. The minimum atomic E-state index is -6.63. The minimum Gasteiger partial charge on any atom is -0.403 e. The number of alkyl halides is 10. The summed E-state index contributed by atoms with van der Waals surface area (Å²) in [6.07, 6.45) is -17.6. The Morgan fingerprint density at radius 3 is 2.09 bits per heavy atom. The molecule has 0 aliphatic heterocycles. The normalized spacial score (nSPS) is 13.1. The summed E-state index contributed by atoms with van der Waals surface area (Å²) < 4.78 is 135. The highest BCUT2D eigenvalue weighted by atomic mass is 35.5. The number of rotatable bonds is 4. The number of fused-ring (bicyclic) bond motifs is 1. The van der Waals surface area contributed by atoms with Gasteiger partial charge >= 0.3 is 24.4 Å². The first kappa shape index (κ1) is 26.3. The molecule has 1 heterocycles. The zero-order valence-electron chi connectivity index (χ0n) is 16.5. The third-order valence-electron chi connectivity index (χ3n) is 4.57. The lowest BCUT2D eigenvalue weighted by atomic mass is 9.93. The minimum absolute atomic E-state index is 0.205. The van der Waals surface area contributed by atoms with Crippen molar-refractivity contribution < 1.29 is 53.4 Å². The lowest BCUT2D eigenvalue weighted by Gasteiger charge is -2.31.